The molecule has 0 spiro atoms. The van der Waals surface area contributed by atoms with E-state index < -0.39 is 28.8 Å². The number of benzene rings is 1. The summed E-state index contributed by atoms with van der Waals surface area (Å²) in [6.45, 7) is 4.38. The highest BCUT2D eigenvalue weighted by atomic mass is 32.2. The lowest BCUT2D eigenvalue weighted by atomic mass is 9.85. The van der Waals surface area contributed by atoms with Crippen molar-refractivity contribution in [3.05, 3.63) is 70.5 Å². The SMILES string of the molecule is CC(C)n1ccc(S(=N)(=O)NC(=O)Nc2c(-c3cnc(=O)n(CC4C=CB(O)OC4)c3)ccc3c2CCC3)n1. The van der Waals surface area contributed by atoms with Crippen LogP contribution < -0.4 is 15.7 Å². The molecule has 2 aliphatic rings. The standard InChI is InChI=1S/C25H30BN7O5S/c1-16(2)33-11-9-22(30-33)39(27,37)31-24(34)29-23-20-5-3-4-18(20)6-7-21(23)19-12-28-25(35)32(14-19)13-17-8-10-26(36)38-15-17/h6-12,14,16-17,36H,3-5,13,15H2,1-2H3,(H3,27,29,31,34,37). The Morgan fingerprint density at radius 1 is 1.33 bits per heavy atom. The number of urea groups is 1. The molecule has 39 heavy (non-hydrogen) atoms. The molecule has 3 heterocycles. The maximum absolute atomic E-state index is 13.1. The first kappa shape index (κ1) is 26.8. The average Bonchev–Trinajstić information content (AvgIpc) is 3.58. The van der Waals surface area contributed by atoms with Gasteiger partial charge in [0, 0.05) is 54.8 Å². The Labute approximate surface area is 226 Å². The van der Waals surface area contributed by atoms with Gasteiger partial charge in [0.25, 0.3) is 0 Å². The lowest BCUT2D eigenvalue weighted by Crippen LogP contribution is -2.34. The number of hydrogen-bond donors (Lipinski definition) is 4. The topological polar surface area (TPSA) is 164 Å². The summed E-state index contributed by atoms with van der Waals surface area (Å²) in [4.78, 5) is 29.6. The summed E-state index contributed by atoms with van der Waals surface area (Å²) in [7, 11) is -4.65. The zero-order valence-corrected chi connectivity index (χ0v) is 22.5. The van der Waals surface area contributed by atoms with E-state index in [4.69, 9.17) is 9.43 Å². The van der Waals surface area contributed by atoms with Crippen LogP contribution in [-0.4, -0.2) is 48.3 Å². The summed E-state index contributed by atoms with van der Waals surface area (Å²) in [5, 5.41) is 16.5. The lowest BCUT2D eigenvalue weighted by Gasteiger charge is -2.20. The first-order valence-corrected chi connectivity index (χ1v) is 14.3. The molecular weight excluding hydrogens is 521 g/mol. The minimum absolute atomic E-state index is 0.0161. The minimum Gasteiger partial charge on any atom is -0.423 e. The molecule has 1 aromatic carbocycles. The Morgan fingerprint density at radius 3 is 2.87 bits per heavy atom. The second-order valence-corrected chi connectivity index (χ2v) is 11.7. The molecule has 0 saturated heterocycles. The van der Waals surface area contributed by atoms with Gasteiger partial charge in [-0.1, -0.05) is 24.2 Å². The van der Waals surface area contributed by atoms with Crippen molar-refractivity contribution >= 4 is 28.8 Å². The van der Waals surface area contributed by atoms with Crippen molar-refractivity contribution in [2.45, 2.75) is 50.7 Å². The van der Waals surface area contributed by atoms with Crippen LogP contribution in [0, 0.1) is 10.7 Å². The second kappa shape index (κ2) is 10.8. The third-order valence-electron chi connectivity index (χ3n) is 6.79. The van der Waals surface area contributed by atoms with Crippen molar-refractivity contribution in [3.63, 3.8) is 0 Å². The predicted molar refractivity (Wildman–Crippen MR) is 146 cm³/mol. The number of anilines is 1. The van der Waals surface area contributed by atoms with Crippen LogP contribution in [0.4, 0.5) is 10.5 Å². The van der Waals surface area contributed by atoms with Crippen LogP contribution in [0.1, 0.15) is 37.4 Å². The van der Waals surface area contributed by atoms with Crippen molar-refractivity contribution in [2.24, 2.45) is 5.92 Å². The van der Waals surface area contributed by atoms with Crippen molar-refractivity contribution < 1.29 is 18.7 Å². The van der Waals surface area contributed by atoms with Crippen LogP contribution in [0.3, 0.4) is 0 Å². The number of nitrogens with one attached hydrogen (secondary N) is 3. The fourth-order valence-electron chi connectivity index (χ4n) is 4.81. The van der Waals surface area contributed by atoms with Crippen LogP contribution in [0.15, 0.2) is 58.7 Å². The van der Waals surface area contributed by atoms with Crippen LogP contribution >= 0.6 is 0 Å². The van der Waals surface area contributed by atoms with Crippen LogP contribution in [0.25, 0.3) is 11.1 Å². The molecule has 204 valence electrons. The molecular formula is C25H30BN7O5S. The second-order valence-electron chi connectivity index (χ2n) is 9.97. The number of fused-ring (bicyclic) bond motifs is 1. The van der Waals surface area contributed by atoms with E-state index in [0.717, 1.165) is 30.4 Å². The molecule has 2 aromatic heterocycles. The Bertz CT molecular complexity index is 1600. The average molecular weight is 551 g/mol. The lowest BCUT2D eigenvalue weighted by molar-refractivity contribution is 0.217. The van der Waals surface area contributed by atoms with Gasteiger partial charge in [-0.3, -0.25) is 9.25 Å². The van der Waals surface area contributed by atoms with E-state index >= 15 is 0 Å². The molecule has 0 saturated carbocycles. The maximum atomic E-state index is 13.1. The van der Waals surface area contributed by atoms with E-state index in [1.54, 1.807) is 17.1 Å². The summed E-state index contributed by atoms with van der Waals surface area (Å²) >= 11 is 0. The number of carbonyl (C=O) groups excluding carboxylic acids is 1. The first-order valence-electron chi connectivity index (χ1n) is 12.7. The van der Waals surface area contributed by atoms with E-state index in [2.05, 4.69) is 20.1 Å². The summed E-state index contributed by atoms with van der Waals surface area (Å²) in [5.41, 5.74) is 3.42. The Kier molecular flexibility index (Phi) is 7.43. The molecule has 0 radical (unpaired) electrons. The molecule has 2 amide bonds. The van der Waals surface area contributed by atoms with Gasteiger partial charge in [-0.2, -0.15) is 5.10 Å². The molecule has 12 nitrogen and oxygen atoms in total. The van der Waals surface area contributed by atoms with Gasteiger partial charge >= 0.3 is 18.8 Å². The number of hydrogen-bond acceptors (Lipinski definition) is 8. The fraction of sp³-hybridized carbons (Fsp3) is 0.360. The summed E-state index contributed by atoms with van der Waals surface area (Å²) in [6.07, 6.45) is 9.10. The van der Waals surface area contributed by atoms with E-state index in [1.807, 2.05) is 32.1 Å². The zero-order valence-electron chi connectivity index (χ0n) is 21.7. The van der Waals surface area contributed by atoms with Gasteiger partial charge in [-0.05, 0) is 50.3 Å². The molecule has 1 aliphatic carbocycles. The van der Waals surface area contributed by atoms with Crippen molar-refractivity contribution in [3.8, 4) is 11.1 Å². The number of nitrogens with zero attached hydrogens (tertiary/aromatic N) is 4. The van der Waals surface area contributed by atoms with Crippen LogP contribution in [-0.2, 0) is 34.0 Å². The van der Waals surface area contributed by atoms with Gasteiger partial charge in [-0.25, -0.2) is 28.3 Å². The van der Waals surface area contributed by atoms with Gasteiger partial charge in [0.1, 0.15) is 0 Å². The van der Waals surface area contributed by atoms with Crippen molar-refractivity contribution in [1.82, 2.24) is 24.1 Å². The molecule has 2 atom stereocenters. The molecule has 1 aliphatic heterocycles. The first-order chi connectivity index (χ1) is 18.6. The largest absolute Gasteiger partial charge is 0.483 e. The zero-order chi connectivity index (χ0) is 27.7. The van der Waals surface area contributed by atoms with E-state index in [-0.39, 0.29) is 23.6 Å². The molecule has 14 heteroatoms. The maximum Gasteiger partial charge on any atom is 0.483 e. The number of amides is 2. The Morgan fingerprint density at radius 2 is 2.15 bits per heavy atom. The number of aryl methyl sites for hydroxylation is 1. The van der Waals surface area contributed by atoms with E-state index in [0.29, 0.717) is 23.4 Å². The third-order valence-corrected chi connectivity index (χ3v) is 8.07. The monoisotopic (exact) mass is 551 g/mol. The summed E-state index contributed by atoms with van der Waals surface area (Å²) < 4.78 is 31.9. The van der Waals surface area contributed by atoms with Crippen LogP contribution in [0.5, 0.6) is 0 Å². The van der Waals surface area contributed by atoms with Gasteiger partial charge in [0.05, 0.1) is 5.69 Å². The highest BCUT2D eigenvalue weighted by Gasteiger charge is 2.24. The number of carbonyl (C=O) groups is 1. The highest BCUT2D eigenvalue weighted by molar-refractivity contribution is 7.91. The third kappa shape index (κ3) is 5.82. The van der Waals surface area contributed by atoms with E-state index in [9.17, 15) is 18.8 Å². The molecule has 0 fully saturated rings. The fourth-order valence-corrected chi connectivity index (χ4v) is 5.69. The highest BCUT2D eigenvalue weighted by Crippen LogP contribution is 2.37. The van der Waals surface area contributed by atoms with Gasteiger partial charge in [-0.15, -0.1) is 0 Å². The Hall–Kier alpha value is -3.75. The number of aromatic nitrogens is 4. The minimum atomic E-state index is -3.70. The predicted octanol–water partition coefficient (Wildman–Crippen LogP) is 2.54. The molecule has 5 rings (SSSR count). The summed E-state index contributed by atoms with van der Waals surface area (Å²) in [6, 6.07) is 4.56. The Balaban J connectivity index is 1.43. The summed E-state index contributed by atoms with van der Waals surface area (Å²) in [5.74, 6) is 1.42. The van der Waals surface area contributed by atoms with E-state index in [1.165, 1.54) is 22.8 Å². The van der Waals surface area contributed by atoms with Gasteiger partial charge < -0.3 is 15.0 Å². The molecule has 2 unspecified atom stereocenters. The van der Waals surface area contributed by atoms with Gasteiger partial charge in [0.15, 0.2) is 14.9 Å². The normalized spacial score (nSPS) is 18.2. The smallest absolute Gasteiger partial charge is 0.423 e. The molecule has 3 aromatic rings. The quantitative estimate of drug-likeness (QED) is 0.328. The van der Waals surface area contributed by atoms with Crippen molar-refractivity contribution in [1.29, 1.82) is 4.78 Å². The van der Waals surface area contributed by atoms with Crippen LogP contribution in [0.2, 0.25) is 0 Å². The van der Waals surface area contributed by atoms with Crippen molar-refractivity contribution in [2.75, 3.05) is 11.9 Å². The number of rotatable bonds is 7. The molecule has 4 N–H and O–H groups in total. The molecule has 0 bridgehead atoms. The van der Waals surface area contributed by atoms with Gasteiger partial charge in [0.2, 0.25) is 0 Å².